The highest BCUT2D eigenvalue weighted by atomic mass is 127. The van der Waals surface area contributed by atoms with Gasteiger partial charge in [-0.15, -0.1) is 0 Å². The summed E-state index contributed by atoms with van der Waals surface area (Å²) in [6, 6.07) is 0. The number of nitrogens with one attached hydrogen (secondary N) is 1. The van der Waals surface area contributed by atoms with Crippen LogP contribution in [0.1, 0.15) is 6.42 Å². The van der Waals surface area contributed by atoms with Crippen LogP contribution in [0.3, 0.4) is 0 Å². The van der Waals surface area contributed by atoms with E-state index < -0.39 is 0 Å². The maximum absolute atomic E-state index is 11.9. The molecule has 1 aliphatic rings. The third-order valence-electron chi connectivity index (χ3n) is 2.74. The minimum Gasteiger partial charge on any atom is -0.345 e. The Morgan fingerprint density at radius 3 is 3.06 bits per heavy atom. The Hall–Kier alpha value is -0.700. The molecule has 5 nitrogen and oxygen atoms in total. The van der Waals surface area contributed by atoms with Gasteiger partial charge in [0.15, 0.2) is 0 Å². The Morgan fingerprint density at radius 1 is 1.53 bits per heavy atom. The molecule has 0 saturated carbocycles. The molecule has 1 unspecified atom stereocenters. The second-order valence-electron chi connectivity index (χ2n) is 3.86. The number of carbonyl (C=O) groups is 1. The molecule has 7 heteroatoms. The lowest BCUT2D eigenvalue weighted by atomic mass is 10.3. The summed E-state index contributed by atoms with van der Waals surface area (Å²) in [7, 11) is 0. The zero-order valence-electron chi connectivity index (χ0n) is 8.65. The average Bonchev–Trinajstić information content (AvgIpc) is 2.83. The van der Waals surface area contributed by atoms with Crippen molar-refractivity contribution in [2.24, 2.45) is 0 Å². The van der Waals surface area contributed by atoms with Crippen molar-refractivity contribution in [3.05, 3.63) is 16.1 Å². The van der Waals surface area contributed by atoms with Gasteiger partial charge < -0.3 is 4.98 Å². The van der Waals surface area contributed by atoms with E-state index >= 15 is 0 Å². The Kier molecular flexibility index (Phi) is 2.81. The molecule has 1 amide bonds. The monoisotopic (exact) mass is 406 g/mol. The van der Waals surface area contributed by atoms with Crippen molar-refractivity contribution in [2.75, 3.05) is 11.4 Å². The van der Waals surface area contributed by atoms with Crippen LogP contribution in [-0.4, -0.2) is 32.2 Å². The summed E-state index contributed by atoms with van der Waals surface area (Å²) in [5.41, 5.74) is 0.769. The molecule has 1 fully saturated rings. The fraction of sp³-hybridized carbons (Fsp3) is 0.300. The Labute approximate surface area is 119 Å². The van der Waals surface area contributed by atoms with E-state index in [1.54, 1.807) is 4.90 Å². The fourth-order valence-electron chi connectivity index (χ4n) is 1.98. The van der Waals surface area contributed by atoms with Crippen LogP contribution < -0.4 is 4.90 Å². The van der Waals surface area contributed by atoms with Crippen LogP contribution in [0.5, 0.6) is 0 Å². The van der Waals surface area contributed by atoms with Crippen LogP contribution in [0.15, 0.2) is 12.5 Å². The van der Waals surface area contributed by atoms with Crippen LogP contribution in [0.25, 0.3) is 11.0 Å². The van der Waals surface area contributed by atoms with E-state index in [-0.39, 0.29) is 10.7 Å². The van der Waals surface area contributed by atoms with Crippen molar-refractivity contribution in [2.45, 2.75) is 11.2 Å². The molecule has 2 aromatic rings. The third-order valence-corrected chi connectivity index (χ3v) is 4.20. The summed E-state index contributed by atoms with van der Waals surface area (Å²) in [5, 5.41) is 0.919. The molecule has 1 aliphatic heterocycles. The lowest BCUT2D eigenvalue weighted by molar-refractivity contribution is -0.117. The molecule has 2 aromatic heterocycles. The van der Waals surface area contributed by atoms with Crippen molar-refractivity contribution in [3.63, 3.8) is 0 Å². The summed E-state index contributed by atoms with van der Waals surface area (Å²) in [6.07, 6.45) is 3.88. The number of carbonyl (C=O) groups excluding carboxylic acids is 1. The molecule has 0 radical (unpaired) electrons. The number of hydrogen-bond acceptors (Lipinski definition) is 3. The molecule has 88 valence electrons. The topological polar surface area (TPSA) is 61.9 Å². The Morgan fingerprint density at radius 2 is 2.35 bits per heavy atom. The molecule has 0 aliphatic carbocycles. The van der Waals surface area contributed by atoms with Gasteiger partial charge in [-0.2, -0.15) is 0 Å². The number of alkyl halides is 1. The highest BCUT2D eigenvalue weighted by Crippen LogP contribution is 2.31. The van der Waals surface area contributed by atoms with Gasteiger partial charge in [0.05, 0.1) is 5.39 Å². The zero-order valence-corrected chi connectivity index (χ0v) is 12.4. The average molecular weight is 407 g/mol. The predicted molar refractivity (Wildman–Crippen MR) is 76.3 cm³/mol. The summed E-state index contributed by atoms with van der Waals surface area (Å²) >= 11 is 5.69. The van der Waals surface area contributed by atoms with E-state index in [9.17, 15) is 4.79 Å². The van der Waals surface area contributed by atoms with Gasteiger partial charge in [0, 0.05) is 27.6 Å². The number of halogens is 2. The molecule has 1 N–H and O–H groups in total. The highest BCUT2D eigenvalue weighted by Gasteiger charge is 2.31. The van der Waals surface area contributed by atoms with Gasteiger partial charge in [0.2, 0.25) is 5.91 Å². The number of hydrogen-bond donors (Lipinski definition) is 1. The van der Waals surface area contributed by atoms with Gasteiger partial charge in [-0.3, -0.25) is 9.69 Å². The van der Waals surface area contributed by atoms with E-state index in [4.69, 9.17) is 0 Å². The summed E-state index contributed by atoms with van der Waals surface area (Å²) in [4.78, 5) is 25.3. The van der Waals surface area contributed by atoms with Crippen LogP contribution in [0.2, 0.25) is 0 Å². The van der Waals surface area contributed by atoms with E-state index in [0.29, 0.717) is 18.8 Å². The molecule has 1 atom stereocenters. The van der Waals surface area contributed by atoms with E-state index in [1.807, 2.05) is 6.20 Å². The van der Waals surface area contributed by atoms with E-state index in [1.165, 1.54) is 6.33 Å². The standard InChI is InChI=1S/C10H8BrIN4O/c11-5-1-7(17)16(3-5)10-8-6(12)2-13-9(8)14-4-15-10/h2,4-5H,1,3H2,(H,13,14,15). The van der Waals surface area contributed by atoms with Gasteiger partial charge in [-0.1, -0.05) is 15.9 Å². The number of nitrogens with zero attached hydrogens (tertiary/aromatic N) is 3. The van der Waals surface area contributed by atoms with Gasteiger partial charge >= 0.3 is 0 Å². The number of anilines is 1. The second-order valence-corrected chi connectivity index (χ2v) is 6.32. The largest absolute Gasteiger partial charge is 0.345 e. The molecular formula is C10H8BrIN4O. The van der Waals surface area contributed by atoms with Crippen LogP contribution in [0.4, 0.5) is 5.82 Å². The molecule has 0 bridgehead atoms. The van der Waals surface area contributed by atoms with E-state index in [2.05, 4.69) is 53.5 Å². The molecule has 1 saturated heterocycles. The van der Waals surface area contributed by atoms with Crippen LogP contribution in [-0.2, 0) is 4.79 Å². The van der Waals surface area contributed by atoms with E-state index in [0.717, 1.165) is 14.6 Å². The van der Waals surface area contributed by atoms with Gasteiger partial charge in [-0.25, -0.2) is 9.97 Å². The predicted octanol–water partition coefficient (Wildman–Crippen LogP) is 2.06. The second kappa shape index (κ2) is 4.20. The number of fused-ring (bicyclic) bond motifs is 1. The number of aromatic amines is 1. The normalized spacial score (nSPS) is 20.5. The van der Waals surface area contributed by atoms with Crippen molar-refractivity contribution < 1.29 is 4.79 Å². The Bertz CT molecular complexity index is 599. The molecule has 3 heterocycles. The quantitative estimate of drug-likeness (QED) is 0.582. The van der Waals surface area contributed by atoms with Crippen molar-refractivity contribution in [1.29, 1.82) is 0 Å². The van der Waals surface area contributed by atoms with Crippen molar-refractivity contribution >= 4 is 61.3 Å². The first-order chi connectivity index (χ1) is 8.16. The van der Waals surface area contributed by atoms with Gasteiger partial charge in [0.25, 0.3) is 0 Å². The van der Waals surface area contributed by atoms with Gasteiger partial charge in [-0.05, 0) is 22.6 Å². The zero-order chi connectivity index (χ0) is 12.0. The minimum absolute atomic E-state index is 0.101. The lowest BCUT2D eigenvalue weighted by Crippen LogP contribution is -2.25. The van der Waals surface area contributed by atoms with Crippen molar-refractivity contribution in [3.8, 4) is 0 Å². The number of amides is 1. The SMILES string of the molecule is O=C1CC(Br)CN1c1ncnc2[nH]cc(I)c12. The number of rotatable bonds is 1. The first-order valence-corrected chi connectivity index (χ1v) is 7.08. The molecule has 17 heavy (non-hydrogen) atoms. The maximum atomic E-state index is 11.9. The smallest absolute Gasteiger partial charge is 0.229 e. The molecule has 0 spiro atoms. The maximum Gasteiger partial charge on any atom is 0.229 e. The lowest BCUT2D eigenvalue weighted by Gasteiger charge is -2.15. The van der Waals surface area contributed by atoms with Crippen molar-refractivity contribution in [1.82, 2.24) is 15.0 Å². The third kappa shape index (κ3) is 1.85. The minimum atomic E-state index is 0.101. The Balaban J connectivity index is 2.17. The fourth-order valence-corrected chi connectivity index (χ4v) is 3.20. The first-order valence-electron chi connectivity index (χ1n) is 5.09. The number of aromatic nitrogens is 3. The number of H-pyrrole nitrogens is 1. The summed E-state index contributed by atoms with van der Waals surface area (Å²) < 4.78 is 1.03. The summed E-state index contributed by atoms with van der Waals surface area (Å²) in [5.74, 6) is 0.802. The highest BCUT2D eigenvalue weighted by molar-refractivity contribution is 14.1. The summed E-state index contributed by atoms with van der Waals surface area (Å²) in [6.45, 7) is 0.659. The van der Waals surface area contributed by atoms with Gasteiger partial charge in [0.1, 0.15) is 17.8 Å². The molecular weight excluding hydrogens is 399 g/mol. The first kappa shape index (κ1) is 11.4. The molecule has 0 aromatic carbocycles. The molecule has 3 rings (SSSR count). The van der Waals surface area contributed by atoms with Crippen LogP contribution in [0, 0.1) is 3.57 Å². The van der Waals surface area contributed by atoms with Crippen LogP contribution >= 0.6 is 38.5 Å².